The van der Waals surface area contributed by atoms with Crippen LogP contribution >= 0.6 is 0 Å². The number of rotatable bonds is 5. The summed E-state index contributed by atoms with van der Waals surface area (Å²) in [5.74, 6) is -0.173. The number of nitrogens with two attached hydrogens (primary N) is 1. The van der Waals surface area contributed by atoms with Crippen molar-refractivity contribution in [3.8, 4) is 0 Å². The molecular formula is C13H17N5O. The second-order valence-electron chi connectivity index (χ2n) is 4.25. The summed E-state index contributed by atoms with van der Waals surface area (Å²) in [6.07, 6.45) is 3.72. The minimum Gasteiger partial charge on any atom is -0.324 e. The zero-order chi connectivity index (χ0) is 13.7. The second-order valence-corrected chi connectivity index (χ2v) is 4.25. The Morgan fingerprint density at radius 1 is 1.47 bits per heavy atom. The molecule has 1 atom stereocenters. The molecule has 0 unspecified atom stereocenters. The molecular weight excluding hydrogens is 242 g/mol. The maximum absolute atomic E-state index is 11.8. The molecule has 1 aromatic heterocycles. The normalized spacial score (nSPS) is 12.1. The molecule has 0 fully saturated rings. The fourth-order valence-corrected chi connectivity index (χ4v) is 1.68. The molecule has 1 heterocycles. The van der Waals surface area contributed by atoms with E-state index in [0.717, 1.165) is 11.3 Å². The fraction of sp³-hybridized carbons (Fsp3) is 0.308. The monoisotopic (exact) mass is 259 g/mol. The maximum Gasteiger partial charge on any atom is 0.241 e. The van der Waals surface area contributed by atoms with E-state index in [1.54, 1.807) is 11.0 Å². The molecule has 1 amide bonds. The van der Waals surface area contributed by atoms with Crippen LogP contribution < -0.4 is 11.1 Å². The van der Waals surface area contributed by atoms with Gasteiger partial charge in [0.25, 0.3) is 0 Å². The van der Waals surface area contributed by atoms with Crippen LogP contribution in [0.1, 0.15) is 18.9 Å². The van der Waals surface area contributed by atoms with Crippen LogP contribution in [-0.2, 0) is 11.3 Å². The van der Waals surface area contributed by atoms with Gasteiger partial charge in [0.15, 0.2) is 0 Å². The number of carbonyl (C=O) groups is 1. The van der Waals surface area contributed by atoms with Crippen LogP contribution in [0.3, 0.4) is 0 Å². The first-order valence-electron chi connectivity index (χ1n) is 6.17. The Morgan fingerprint density at radius 2 is 2.26 bits per heavy atom. The van der Waals surface area contributed by atoms with Crippen molar-refractivity contribution in [3.05, 3.63) is 42.5 Å². The van der Waals surface area contributed by atoms with E-state index in [1.165, 1.54) is 6.33 Å². The van der Waals surface area contributed by atoms with Crippen LogP contribution in [0.5, 0.6) is 0 Å². The first-order chi connectivity index (χ1) is 9.20. The highest BCUT2D eigenvalue weighted by atomic mass is 16.2. The molecule has 2 rings (SSSR count). The number of carbonyl (C=O) groups excluding carboxylic acids is 1. The molecule has 6 nitrogen and oxygen atoms in total. The summed E-state index contributed by atoms with van der Waals surface area (Å²) in [7, 11) is 0. The molecule has 19 heavy (non-hydrogen) atoms. The number of para-hydroxylation sites is 1. The van der Waals surface area contributed by atoms with E-state index in [4.69, 9.17) is 5.73 Å². The van der Waals surface area contributed by atoms with Crippen molar-refractivity contribution >= 4 is 11.6 Å². The highest BCUT2D eigenvalue weighted by Gasteiger charge is 2.12. The van der Waals surface area contributed by atoms with Gasteiger partial charge in [-0.3, -0.25) is 4.79 Å². The SMILES string of the molecule is CC[C@H](N)C(=O)Nc1ccccc1Cn1cncn1. The number of aromatic nitrogens is 3. The lowest BCUT2D eigenvalue weighted by Crippen LogP contribution is -2.35. The molecule has 100 valence electrons. The van der Waals surface area contributed by atoms with E-state index in [2.05, 4.69) is 15.4 Å². The van der Waals surface area contributed by atoms with Gasteiger partial charge in [-0.2, -0.15) is 5.10 Å². The molecule has 3 N–H and O–H groups in total. The van der Waals surface area contributed by atoms with Gasteiger partial charge in [-0.05, 0) is 18.1 Å². The van der Waals surface area contributed by atoms with Gasteiger partial charge >= 0.3 is 0 Å². The standard InChI is InChI=1S/C13H17N5O/c1-2-11(14)13(19)17-12-6-4-3-5-10(12)7-18-9-15-8-16-18/h3-6,8-9,11H,2,7,14H2,1H3,(H,17,19)/t11-/m0/s1. The number of nitrogens with zero attached hydrogens (tertiary/aromatic N) is 3. The van der Waals surface area contributed by atoms with Crippen LogP contribution in [-0.4, -0.2) is 26.7 Å². The minimum absolute atomic E-state index is 0.173. The summed E-state index contributed by atoms with van der Waals surface area (Å²) in [6, 6.07) is 7.10. The Hall–Kier alpha value is -2.21. The quantitative estimate of drug-likeness (QED) is 0.838. The molecule has 2 aromatic rings. The molecule has 0 aliphatic heterocycles. The number of nitrogens with one attached hydrogen (secondary N) is 1. The summed E-state index contributed by atoms with van der Waals surface area (Å²) in [6.45, 7) is 2.43. The molecule has 0 aliphatic carbocycles. The van der Waals surface area contributed by atoms with E-state index in [0.29, 0.717) is 13.0 Å². The lowest BCUT2D eigenvalue weighted by molar-refractivity contribution is -0.117. The topological polar surface area (TPSA) is 85.8 Å². The number of anilines is 1. The maximum atomic E-state index is 11.8. The van der Waals surface area contributed by atoms with Gasteiger partial charge in [0.1, 0.15) is 12.7 Å². The van der Waals surface area contributed by atoms with Gasteiger partial charge < -0.3 is 11.1 Å². The number of benzene rings is 1. The smallest absolute Gasteiger partial charge is 0.241 e. The van der Waals surface area contributed by atoms with E-state index >= 15 is 0 Å². The van der Waals surface area contributed by atoms with E-state index < -0.39 is 6.04 Å². The van der Waals surface area contributed by atoms with Gasteiger partial charge in [0.2, 0.25) is 5.91 Å². The van der Waals surface area contributed by atoms with Crippen LogP contribution in [0.4, 0.5) is 5.69 Å². The molecule has 0 bridgehead atoms. The Kier molecular flexibility index (Phi) is 4.25. The lowest BCUT2D eigenvalue weighted by atomic mass is 10.1. The number of hydrogen-bond donors (Lipinski definition) is 2. The second kappa shape index (κ2) is 6.10. The van der Waals surface area contributed by atoms with E-state index in [9.17, 15) is 4.79 Å². The predicted molar refractivity (Wildman–Crippen MR) is 72.5 cm³/mol. The largest absolute Gasteiger partial charge is 0.324 e. The lowest BCUT2D eigenvalue weighted by Gasteiger charge is -2.13. The van der Waals surface area contributed by atoms with Crippen molar-refractivity contribution in [2.45, 2.75) is 25.9 Å². The third-order valence-corrected chi connectivity index (χ3v) is 2.85. The van der Waals surface area contributed by atoms with Gasteiger partial charge in [-0.25, -0.2) is 9.67 Å². The van der Waals surface area contributed by atoms with E-state index in [1.807, 2.05) is 31.2 Å². The van der Waals surface area contributed by atoms with Crippen LogP contribution in [0.2, 0.25) is 0 Å². The molecule has 1 aromatic carbocycles. The third-order valence-electron chi connectivity index (χ3n) is 2.85. The van der Waals surface area contributed by atoms with Gasteiger partial charge in [-0.15, -0.1) is 0 Å². The van der Waals surface area contributed by atoms with Crippen molar-refractivity contribution in [1.29, 1.82) is 0 Å². The fourth-order valence-electron chi connectivity index (χ4n) is 1.68. The zero-order valence-corrected chi connectivity index (χ0v) is 10.8. The molecule has 0 spiro atoms. The number of hydrogen-bond acceptors (Lipinski definition) is 4. The van der Waals surface area contributed by atoms with Crippen molar-refractivity contribution in [3.63, 3.8) is 0 Å². The summed E-state index contributed by atoms with van der Waals surface area (Å²) in [5.41, 5.74) is 7.43. The van der Waals surface area contributed by atoms with Gasteiger partial charge in [0.05, 0.1) is 12.6 Å². The average Bonchev–Trinajstić information content (AvgIpc) is 2.93. The molecule has 0 aliphatic rings. The first kappa shape index (κ1) is 13.2. The molecule has 6 heteroatoms. The third kappa shape index (κ3) is 3.38. The van der Waals surface area contributed by atoms with Crippen molar-refractivity contribution in [2.24, 2.45) is 5.73 Å². The van der Waals surface area contributed by atoms with Crippen LogP contribution in [0.15, 0.2) is 36.9 Å². The molecule has 0 radical (unpaired) electrons. The van der Waals surface area contributed by atoms with Crippen LogP contribution in [0.25, 0.3) is 0 Å². The van der Waals surface area contributed by atoms with Crippen molar-refractivity contribution in [1.82, 2.24) is 14.8 Å². The van der Waals surface area contributed by atoms with Gasteiger partial charge in [0, 0.05) is 5.69 Å². The summed E-state index contributed by atoms with van der Waals surface area (Å²) < 4.78 is 1.70. The Bertz CT molecular complexity index is 538. The summed E-state index contributed by atoms with van der Waals surface area (Å²) in [5, 5.41) is 6.90. The molecule has 0 saturated heterocycles. The Labute approximate surface area is 111 Å². The average molecular weight is 259 g/mol. The summed E-state index contributed by atoms with van der Waals surface area (Å²) >= 11 is 0. The predicted octanol–water partition coefficient (Wildman–Crippen LogP) is 1.00. The highest BCUT2D eigenvalue weighted by Crippen LogP contribution is 2.16. The van der Waals surface area contributed by atoms with Crippen molar-refractivity contribution < 1.29 is 4.79 Å². The Balaban J connectivity index is 2.14. The van der Waals surface area contributed by atoms with E-state index in [-0.39, 0.29) is 5.91 Å². The zero-order valence-electron chi connectivity index (χ0n) is 10.8. The minimum atomic E-state index is -0.487. The first-order valence-corrected chi connectivity index (χ1v) is 6.17. The Morgan fingerprint density at radius 3 is 2.95 bits per heavy atom. The highest BCUT2D eigenvalue weighted by molar-refractivity contribution is 5.95. The molecule has 0 saturated carbocycles. The number of amides is 1. The van der Waals surface area contributed by atoms with Crippen LogP contribution in [0, 0.1) is 0 Å². The van der Waals surface area contributed by atoms with Gasteiger partial charge in [-0.1, -0.05) is 25.1 Å². The van der Waals surface area contributed by atoms with Crippen molar-refractivity contribution in [2.75, 3.05) is 5.32 Å². The summed E-state index contributed by atoms with van der Waals surface area (Å²) in [4.78, 5) is 15.7.